The maximum Gasteiger partial charge on any atom is 0.401 e. The molecule has 2 aromatic carbocycles. The normalized spacial score (nSPS) is 16.9. The lowest BCUT2D eigenvalue weighted by Crippen LogP contribution is -2.48. The summed E-state index contributed by atoms with van der Waals surface area (Å²) in [7, 11) is -3.78. The van der Waals surface area contributed by atoms with Crippen LogP contribution in [-0.4, -0.2) is 72.0 Å². The molecule has 0 radical (unpaired) electrons. The molecule has 0 bridgehead atoms. The standard InChI is InChI=1S/C26H30ClF2N4O7P/c1-3-39-41(38,40-4-2)17-8-9-18(24(30)26(36)37)20(11-17)31-13-22(34)33-14-16(28)10-21(33)25(35)32-12-15-6-5-7-19(27)23(15)29/h5-9,11,16,21,30-31H,3-4,10,12-14H2,1-2H3,(H,32,35)(H,36,37)/p+1/t16-,21+/m1/s1. The van der Waals surface area contributed by atoms with E-state index in [2.05, 4.69) is 10.6 Å². The SMILES string of the molecule is CCOP(=O)(OCC)c1ccc(C(=[NH2+])C(=O)O)c(NCC(=O)N2C[C@H](F)C[C@H]2C(=O)NCc2cccc(Cl)c2F)c1. The smallest absolute Gasteiger partial charge is 0.401 e. The zero-order chi connectivity index (χ0) is 30.3. The number of anilines is 1. The molecule has 1 fully saturated rings. The van der Waals surface area contributed by atoms with Crippen LogP contribution in [0.25, 0.3) is 0 Å². The first-order valence-electron chi connectivity index (χ1n) is 12.7. The molecule has 2 atom stereocenters. The van der Waals surface area contributed by atoms with Crippen molar-refractivity contribution in [3.05, 3.63) is 58.4 Å². The maximum absolute atomic E-state index is 14.4. The molecule has 0 aliphatic carbocycles. The van der Waals surface area contributed by atoms with Gasteiger partial charge in [-0.3, -0.25) is 14.2 Å². The quantitative estimate of drug-likeness (QED) is 0.196. The second kappa shape index (κ2) is 14.0. The summed E-state index contributed by atoms with van der Waals surface area (Å²) in [6.07, 6.45) is -1.74. The van der Waals surface area contributed by atoms with Crippen LogP contribution >= 0.6 is 19.2 Å². The van der Waals surface area contributed by atoms with Gasteiger partial charge in [0.2, 0.25) is 11.8 Å². The Kier molecular flexibility index (Phi) is 11.0. The zero-order valence-corrected chi connectivity index (χ0v) is 24.0. The van der Waals surface area contributed by atoms with E-state index in [4.69, 9.17) is 26.1 Å². The average molecular weight is 616 g/mol. The maximum atomic E-state index is 14.4. The van der Waals surface area contributed by atoms with E-state index in [9.17, 15) is 32.8 Å². The minimum atomic E-state index is -3.78. The van der Waals surface area contributed by atoms with E-state index in [0.717, 1.165) is 4.90 Å². The molecule has 1 saturated heterocycles. The molecule has 41 heavy (non-hydrogen) atoms. The van der Waals surface area contributed by atoms with Gasteiger partial charge in [-0.2, -0.15) is 0 Å². The third-order valence-electron chi connectivity index (χ3n) is 6.23. The summed E-state index contributed by atoms with van der Waals surface area (Å²) < 4.78 is 52.5. The Labute approximate surface area is 240 Å². The molecular formula is C26H31ClF2N4O7P+. The van der Waals surface area contributed by atoms with Crippen molar-refractivity contribution in [2.75, 3.05) is 31.6 Å². The highest BCUT2D eigenvalue weighted by atomic mass is 35.5. The van der Waals surface area contributed by atoms with Crippen LogP contribution < -0.4 is 21.3 Å². The van der Waals surface area contributed by atoms with E-state index in [1.807, 2.05) is 0 Å². The molecule has 3 rings (SSSR count). The highest BCUT2D eigenvalue weighted by Crippen LogP contribution is 2.47. The molecule has 0 saturated carbocycles. The number of alkyl halides is 1. The van der Waals surface area contributed by atoms with Crippen LogP contribution in [0.4, 0.5) is 14.5 Å². The summed E-state index contributed by atoms with van der Waals surface area (Å²) in [4.78, 5) is 38.6. The van der Waals surface area contributed by atoms with Gasteiger partial charge in [0, 0.05) is 24.2 Å². The van der Waals surface area contributed by atoms with Gasteiger partial charge in [0.15, 0.2) is 0 Å². The number of nitrogens with zero attached hydrogens (tertiary/aromatic N) is 1. The summed E-state index contributed by atoms with van der Waals surface area (Å²) in [5.41, 5.74) is -0.402. The van der Waals surface area contributed by atoms with Crippen LogP contribution in [0.1, 0.15) is 31.4 Å². The average Bonchev–Trinajstić information content (AvgIpc) is 3.33. The Bertz CT molecular complexity index is 1370. The van der Waals surface area contributed by atoms with Crippen LogP contribution in [0.3, 0.4) is 0 Å². The molecule has 1 aliphatic rings. The molecule has 15 heteroatoms. The first-order chi connectivity index (χ1) is 19.4. The van der Waals surface area contributed by atoms with Gasteiger partial charge in [-0.15, -0.1) is 0 Å². The second-order valence-electron chi connectivity index (χ2n) is 8.96. The Hall–Kier alpha value is -3.38. The number of carboxylic acid groups (broad SMARTS) is 1. The van der Waals surface area contributed by atoms with E-state index in [0.29, 0.717) is 0 Å². The van der Waals surface area contributed by atoms with Gasteiger partial charge in [0.05, 0.1) is 42.2 Å². The molecule has 1 heterocycles. The summed E-state index contributed by atoms with van der Waals surface area (Å²) in [5, 5.41) is 20.4. The Morgan fingerprint density at radius 3 is 2.51 bits per heavy atom. The largest absolute Gasteiger partial charge is 0.473 e. The topological polar surface area (TPSA) is 160 Å². The van der Waals surface area contributed by atoms with Crippen molar-refractivity contribution >= 4 is 53.7 Å². The van der Waals surface area contributed by atoms with E-state index >= 15 is 0 Å². The molecule has 2 amide bonds. The van der Waals surface area contributed by atoms with E-state index in [1.54, 1.807) is 13.8 Å². The van der Waals surface area contributed by atoms with Crippen molar-refractivity contribution in [2.45, 2.75) is 39.0 Å². The number of nitrogens with two attached hydrogens (primary N) is 1. The molecular weight excluding hydrogens is 585 g/mol. The predicted molar refractivity (Wildman–Crippen MR) is 147 cm³/mol. The number of rotatable bonds is 13. The number of carboxylic acids is 1. The van der Waals surface area contributed by atoms with Gasteiger partial charge >= 0.3 is 13.6 Å². The molecule has 11 nitrogen and oxygen atoms in total. The van der Waals surface area contributed by atoms with Gasteiger partial charge in [-0.1, -0.05) is 23.7 Å². The van der Waals surface area contributed by atoms with Crippen LogP contribution in [0.15, 0.2) is 36.4 Å². The first-order valence-corrected chi connectivity index (χ1v) is 14.6. The van der Waals surface area contributed by atoms with Gasteiger partial charge in [-0.05, 0) is 38.1 Å². The highest BCUT2D eigenvalue weighted by molar-refractivity contribution is 7.62. The van der Waals surface area contributed by atoms with Crippen molar-refractivity contribution < 1.29 is 47.3 Å². The van der Waals surface area contributed by atoms with Gasteiger partial charge in [0.25, 0.3) is 5.71 Å². The Morgan fingerprint density at radius 2 is 1.88 bits per heavy atom. The second-order valence-corrected chi connectivity index (χ2v) is 11.4. The molecule has 5 N–H and O–H groups in total. The fourth-order valence-electron chi connectivity index (χ4n) is 4.29. The Balaban J connectivity index is 1.79. The number of benzene rings is 2. The number of carbonyl (C=O) groups is 3. The van der Waals surface area contributed by atoms with Crippen LogP contribution in [0.2, 0.25) is 5.02 Å². The number of carbonyl (C=O) groups excluding carboxylic acids is 2. The zero-order valence-electron chi connectivity index (χ0n) is 22.4. The minimum Gasteiger partial charge on any atom is -0.473 e. The number of hydrogen-bond donors (Lipinski definition) is 4. The van der Waals surface area contributed by atoms with Crippen molar-refractivity contribution in [1.29, 1.82) is 0 Å². The third kappa shape index (κ3) is 7.68. The number of hydrogen-bond acceptors (Lipinski definition) is 7. The number of nitrogens with one attached hydrogen (secondary N) is 2. The lowest BCUT2D eigenvalue weighted by molar-refractivity contribution is -0.147. The number of halogens is 3. The number of aliphatic carboxylic acids is 1. The van der Waals surface area contributed by atoms with Crippen LogP contribution in [0.5, 0.6) is 0 Å². The molecule has 1 aliphatic heterocycles. The molecule has 222 valence electrons. The van der Waals surface area contributed by atoms with Crippen molar-refractivity contribution in [3.63, 3.8) is 0 Å². The van der Waals surface area contributed by atoms with Crippen LogP contribution in [-0.2, 0) is 34.5 Å². The fourth-order valence-corrected chi connectivity index (χ4v) is 6.08. The summed E-state index contributed by atoms with van der Waals surface area (Å²) >= 11 is 5.77. The van der Waals surface area contributed by atoms with Crippen LogP contribution in [0, 0.1) is 5.82 Å². The molecule has 2 aromatic rings. The predicted octanol–water partition coefficient (Wildman–Crippen LogP) is 1.67. The molecule has 0 unspecified atom stereocenters. The lowest BCUT2D eigenvalue weighted by atomic mass is 10.1. The summed E-state index contributed by atoms with van der Waals surface area (Å²) in [6, 6.07) is 7.09. The fraction of sp³-hybridized carbons (Fsp3) is 0.385. The van der Waals surface area contributed by atoms with E-state index in [-0.39, 0.29) is 59.9 Å². The summed E-state index contributed by atoms with van der Waals surface area (Å²) in [6.45, 7) is 2.31. The van der Waals surface area contributed by atoms with Crippen molar-refractivity contribution in [2.24, 2.45) is 0 Å². The number of amides is 2. The first kappa shape index (κ1) is 32.1. The Morgan fingerprint density at radius 1 is 1.20 bits per heavy atom. The van der Waals surface area contributed by atoms with Gasteiger partial charge < -0.3 is 29.7 Å². The van der Waals surface area contributed by atoms with E-state index in [1.165, 1.54) is 36.4 Å². The molecule has 0 spiro atoms. The van der Waals surface area contributed by atoms with Gasteiger partial charge in [-0.25, -0.2) is 19.0 Å². The summed E-state index contributed by atoms with van der Waals surface area (Å²) in [5.74, 6) is -3.49. The molecule has 0 aromatic heterocycles. The minimum absolute atomic E-state index is 0.00349. The van der Waals surface area contributed by atoms with E-state index < -0.39 is 55.7 Å². The number of likely N-dealkylation sites (tertiary alicyclic amines) is 1. The lowest BCUT2D eigenvalue weighted by Gasteiger charge is -2.24. The van der Waals surface area contributed by atoms with Crippen molar-refractivity contribution in [1.82, 2.24) is 10.2 Å². The van der Waals surface area contributed by atoms with Crippen molar-refractivity contribution in [3.8, 4) is 0 Å². The highest BCUT2D eigenvalue weighted by Gasteiger charge is 2.40. The monoisotopic (exact) mass is 615 g/mol. The third-order valence-corrected chi connectivity index (χ3v) is 8.62. The van der Waals surface area contributed by atoms with Gasteiger partial charge in [0.1, 0.15) is 18.0 Å².